The van der Waals surface area contributed by atoms with E-state index < -0.39 is 0 Å². The molecule has 2 aromatic carbocycles. The van der Waals surface area contributed by atoms with E-state index in [1.54, 1.807) is 72.7 Å². The second kappa shape index (κ2) is 13.3. The van der Waals surface area contributed by atoms with Gasteiger partial charge in [0.05, 0.1) is 30.4 Å². The Morgan fingerprint density at radius 1 is 0.857 bits per heavy atom. The average Bonchev–Trinajstić information content (AvgIpc) is 3.05. The maximum Gasteiger partial charge on any atom is 0.272 e. The van der Waals surface area contributed by atoms with Crippen molar-refractivity contribution in [2.45, 2.75) is 50.7 Å². The third kappa shape index (κ3) is 6.95. The van der Waals surface area contributed by atoms with Crippen molar-refractivity contribution in [3.05, 3.63) is 89.2 Å². The number of hydrogen-bond acceptors (Lipinski definition) is 7. The number of ether oxygens (including phenoxy) is 2. The van der Waals surface area contributed by atoms with Crippen LogP contribution < -0.4 is 14.8 Å². The van der Waals surface area contributed by atoms with Gasteiger partial charge in [0.2, 0.25) is 0 Å². The Balaban J connectivity index is 1.06. The van der Waals surface area contributed by atoms with Gasteiger partial charge in [-0.2, -0.15) is 5.26 Å². The summed E-state index contributed by atoms with van der Waals surface area (Å²) in [5, 5.41) is 12.0. The van der Waals surface area contributed by atoms with Gasteiger partial charge in [-0.25, -0.2) is 0 Å². The van der Waals surface area contributed by atoms with Crippen molar-refractivity contribution in [3.63, 3.8) is 0 Å². The topological polar surface area (TPSA) is 122 Å². The molecular formula is C33H34N4O5. The number of nitrogens with one attached hydrogen (secondary N) is 1. The minimum Gasteiger partial charge on any atom is -0.497 e. The van der Waals surface area contributed by atoms with Crippen molar-refractivity contribution in [1.29, 1.82) is 5.26 Å². The van der Waals surface area contributed by atoms with E-state index in [0.29, 0.717) is 48.4 Å². The van der Waals surface area contributed by atoms with Gasteiger partial charge in [0.25, 0.3) is 11.8 Å². The highest BCUT2D eigenvalue weighted by molar-refractivity contribution is 5.99. The molecule has 9 heteroatoms. The summed E-state index contributed by atoms with van der Waals surface area (Å²) in [4.78, 5) is 44.8. The summed E-state index contributed by atoms with van der Waals surface area (Å²) >= 11 is 0. The van der Waals surface area contributed by atoms with Gasteiger partial charge in [0.15, 0.2) is 5.78 Å². The Labute approximate surface area is 245 Å². The highest BCUT2D eigenvalue weighted by Crippen LogP contribution is 2.26. The number of ketones is 1. The van der Waals surface area contributed by atoms with Gasteiger partial charge in [-0.05, 0) is 99.2 Å². The third-order valence-electron chi connectivity index (χ3n) is 8.07. The molecule has 2 amide bonds. The molecule has 1 saturated heterocycles. The molecule has 2 aliphatic rings. The van der Waals surface area contributed by atoms with Crippen LogP contribution in [0.1, 0.15) is 75.3 Å². The first-order chi connectivity index (χ1) is 20.4. The van der Waals surface area contributed by atoms with Crippen LogP contribution in [0.4, 0.5) is 0 Å². The monoisotopic (exact) mass is 566 g/mol. The van der Waals surface area contributed by atoms with Crippen molar-refractivity contribution in [3.8, 4) is 17.6 Å². The van der Waals surface area contributed by atoms with Crippen molar-refractivity contribution >= 4 is 17.6 Å². The van der Waals surface area contributed by atoms with Crippen LogP contribution in [0.25, 0.3) is 0 Å². The molecule has 1 saturated carbocycles. The molecule has 9 nitrogen and oxygen atoms in total. The highest BCUT2D eigenvalue weighted by Gasteiger charge is 2.29. The Kier molecular flexibility index (Phi) is 9.12. The largest absolute Gasteiger partial charge is 0.497 e. The lowest BCUT2D eigenvalue weighted by molar-refractivity contribution is 0.0645. The SMILES string of the molecule is COc1ccc(C(=O)C2CCN(C(=O)c3ccc(C(=O)NC4CCC(Oc5ccc(C#N)cc5)CC4)cn3)CC2)cc1. The normalized spacial score (nSPS) is 18.9. The van der Waals surface area contributed by atoms with E-state index in [2.05, 4.69) is 16.4 Å². The lowest BCUT2D eigenvalue weighted by Crippen LogP contribution is -2.41. The Morgan fingerprint density at radius 3 is 2.10 bits per heavy atom. The van der Waals surface area contributed by atoms with Gasteiger partial charge >= 0.3 is 0 Å². The summed E-state index contributed by atoms with van der Waals surface area (Å²) in [5.74, 6) is 1.00. The number of carbonyl (C=O) groups is 3. The van der Waals surface area contributed by atoms with Gasteiger partial charge in [0, 0.05) is 36.8 Å². The van der Waals surface area contributed by atoms with Crippen molar-refractivity contribution in [2.24, 2.45) is 5.92 Å². The zero-order valence-electron chi connectivity index (χ0n) is 23.6. The molecule has 5 rings (SSSR count). The summed E-state index contributed by atoms with van der Waals surface area (Å²) in [6.45, 7) is 0.958. The maximum atomic E-state index is 13.0. The standard InChI is InChI=1S/C33H34N4O5/c1-41-27-11-4-23(5-12-27)31(38)24-16-18-37(19-17-24)33(40)30-15-6-25(21-35-30)32(39)36-26-7-13-29(14-8-26)42-28-9-2-22(20-34)3-10-28/h2-6,9-12,15,21,24,26,29H,7-8,13-14,16-19H2,1H3,(H,36,39). The first-order valence-corrected chi connectivity index (χ1v) is 14.3. The Morgan fingerprint density at radius 2 is 1.50 bits per heavy atom. The summed E-state index contributed by atoms with van der Waals surface area (Å²) < 4.78 is 11.2. The minimum absolute atomic E-state index is 0.0431. The number of Topliss-reactive ketones (excluding diaryl/α,β-unsaturated/α-hetero) is 1. The summed E-state index contributed by atoms with van der Waals surface area (Å²) in [7, 11) is 1.59. The smallest absolute Gasteiger partial charge is 0.272 e. The number of amides is 2. The van der Waals surface area contributed by atoms with Crippen LogP contribution in [-0.2, 0) is 0 Å². The summed E-state index contributed by atoms with van der Waals surface area (Å²) in [5.41, 5.74) is 1.94. The number of rotatable bonds is 8. The third-order valence-corrected chi connectivity index (χ3v) is 8.07. The van der Waals surface area contributed by atoms with E-state index in [4.69, 9.17) is 14.7 Å². The van der Waals surface area contributed by atoms with E-state index in [0.717, 1.165) is 31.4 Å². The second-order valence-corrected chi connectivity index (χ2v) is 10.8. The number of aromatic nitrogens is 1. The molecule has 1 N–H and O–H groups in total. The number of piperidine rings is 1. The van der Waals surface area contributed by atoms with Crippen LogP contribution in [0, 0.1) is 17.2 Å². The predicted octanol–water partition coefficient (Wildman–Crippen LogP) is 4.82. The van der Waals surface area contributed by atoms with E-state index in [9.17, 15) is 14.4 Å². The number of nitrogens with zero attached hydrogens (tertiary/aromatic N) is 3. The fraction of sp³-hybridized carbons (Fsp3) is 0.364. The molecule has 1 aliphatic carbocycles. The summed E-state index contributed by atoms with van der Waals surface area (Å²) in [6.07, 6.45) is 5.94. The Bertz CT molecular complexity index is 1430. The van der Waals surface area contributed by atoms with E-state index in [1.165, 1.54) is 6.20 Å². The van der Waals surface area contributed by atoms with E-state index in [1.807, 2.05) is 0 Å². The fourth-order valence-electron chi connectivity index (χ4n) is 5.55. The lowest BCUT2D eigenvalue weighted by atomic mass is 9.88. The summed E-state index contributed by atoms with van der Waals surface area (Å²) in [6, 6.07) is 19.6. The highest BCUT2D eigenvalue weighted by atomic mass is 16.5. The average molecular weight is 567 g/mol. The molecule has 0 atom stereocenters. The number of benzene rings is 2. The number of methoxy groups -OCH3 is 1. The van der Waals surface area contributed by atoms with Crippen LogP contribution in [0.2, 0.25) is 0 Å². The molecule has 1 aliphatic heterocycles. The van der Waals surface area contributed by atoms with Gasteiger partial charge in [-0.3, -0.25) is 19.4 Å². The van der Waals surface area contributed by atoms with Crippen LogP contribution >= 0.6 is 0 Å². The number of likely N-dealkylation sites (tertiary alicyclic amines) is 1. The van der Waals surface area contributed by atoms with E-state index >= 15 is 0 Å². The number of nitriles is 1. The van der Waals surface area contributed by atoms with Crippen LogP contribution in [0.15, 0.2) is 66.9 Å². The van der Waals surface area contributed by atoms with Gasteiger partial charge in [-0.15, -0.1) is 0 Å². The number of pyridine rings is 1. The zero-order valence-corrected chi connectivity index (χ0v) is 23.6. The molecular weight excluding hydrogens is 532 g/mol. The lowest BCUT2D eigenvalue weighted by Gasteiger charge is -2.31. The first kappa shape index (κ1) is 28.8. The molecule has 0 unspecified atom stereocenters. The molecule has 216 valence electrons. The second-order valence-electron chi connectivity index (χ2n) is 10.8. The number of hydrogen-bond donors (Lipinski definition) is 1. The maximum absolute atomic E-state index is 13.0. The first-order valence-electron chi connectivity index (χ1n) is 14.3. The minimum atomic E-state index is -0.212. The predicted molar refractivity (Wildman–Crippen MR) is 155 cm³/mol. The molecule has 2 heterocycles. The molecule has 3 aromatic rings. The fourth-order valence-corrected chi connectivity index (χ4v) is 5.55. The van der Waals surface area contributed by atoms with Crippen molar-refractivity contribution < 1.29 is 23.9 Å². The zero-order chi connectivity index (χ0) is 29.5. The number of carbonyl (C=O) groups excluding carboxylic acids is 3. The van der Waals surface area contributed by atoms with Gasteiger partial charge in [0.1, 0.15) is 17.2 Å². The molecule has 0 spiro atoms. The Hall–Kier alpha value is -4.71. The van der Waals surface area contributed by atoms with Gasteiger partial charge < -0.3 is 19.7 Å². The van der Waals surface area contributed by atoms with E-state index in [-0.39, 0.29) is 41.4 Å². The van der Waals surface area contributed by atoms with Crippen molar-refractivity contribution in [1.82, 2.24) is 15.2 Å². The van der Waals surface area contributed by atoms with Crippen LogP contribution in [-0.4, -0.2) is 59.8 Å². The molecule has 0 radical (unpaired) electrons. The molecule has 1 aromatic heterocycles. The van der Waals surface area contributed by atoms with Crippen LogP contribution in [0.5, 0.6) is 11.5 Å². The van der Waals surface area contributed by atoms with Gasteiger partial charge in [-0.1, -0.05) is 0 Å². The molecule has 0 bridgehead atoms. The molecule has 2 fully saturated rings. The van der Waals surface area contributed by atoms with Crippen LogP contribution in [0.3, 0.4) is 0 Å². The quantitative estimate of drug-likeness (QED) is 0.388. The van der Waals surface area contributed by atoms with Crippen molar-refractivity contribution in [2.75, 3.05) is 20.2 Å². The molecule has 42 heavy (non-hydrogen) atoms.